The zero-order valence-corrected chi connectivity index (χ0v) is 29.3. The summed E-state index contributed by atoms with van der Waals surface area (Å²) in [4.78, 5) is 23.2. The molecule has 0 amide bonds. The van der Waals surface area contributed by atoms with Gasteiger partial charge in [0.05, 0.1) is 0 Å². The third-order valence-corrected chi connectivity index (χ3v) is 9.08. The van der Waals surface area contributed by atoms with Gasteiger partial charge in [-0.1, -0.05) is 181 Å². The van der Waals surface area contributed by atoms with Crippen molar-refractivity contribution in [3.8, 4) is 0 Å². The van der Waals surface area contributed by atoms with E-state index in [-0.39, 0.29) is 18.5 Å². The van der Waals surface area contributed by atoms with E-state index in [1.165, 1.54) is 154 Å². The molecule has 256 valence electrons. The van der Waals surface area contributed by atoms with Crippen LogP contribution in [0, 0.1) is 0 Å². The van der Waals surface area contributed by atoms with Gasteiger partial charge in [0, 0.05) is 12.8 Å². The first kappa shape index (κ1) is 41.9. The first-order valence-corrected chi connectivity index (χ1v) is 19.5. The van der Waals surface area contributed by atoms with E-state index in [1.807, 2.05) is 0 Å². The fraction of sp³-hybridized carbons (Fsp3) is 0.949. The van der Waals surface area contributed by atoms with Crippen LogP contribution >= 0.6 is 0 Å². The van der Waals surface area contributed by atoms with E-state index < -0.39 is 5.97 Å². The third kappa shape index (κ3) is 35.3. The molecule has 0 heterocycles. The Hall–Kier alpha value is -1.06. The molecule has 0 fully saturated rings. The summed E-state index contributed by atoms with van der Waals surface area (Å²) in [7, 11) is 0. The largest absolute Gasteiger partial charge is 0.481 e. The van der Waals surface area contributed by atoms with Gasteiger partial charge in [0.25, 0.3) is 0 Å². The molecule has 4 nitrogen and oxygen atoms in total. The Kier molecular flexibility index (Phi) is 34.5. The van der Waals surface area contributed by atoms with E-state index in [0.29, 0.717) is 12.8 Å². The lowest BCUT2D eigenvalue weighted by Gasteiger charge is -2.18. The van der Waals surface area contributed by atoms with Crippen molar-refractivity contribution in [2.75, 3.05) is 0 Å². The molecule has 0 radical (unpaired) electrons. The molecule has 0 rings (SSSR count). The number of carbonyl (C=O) groups excluding carboxylic acids is 1. The molecule has 0 spiro atoms. The summed E-state index contributed by atoms with van der Waals surface area (Å²) in [5.74, 6) is -0.751. The highest BCUT2D eigenvalue weighted by molar-refractivity contribution is 5.69. The molecule has 0 aliphatic carbocycles. The maximum absolute atomic E-state index is 12.5. The van der Waals surface area contributed by atoms with E-state index in [9.17, 15) is 9.59 Å². The van der Waals surface area contributed by atoms with Crippen LogP contribution in [0.2, 0.25) is 0 Å². The summed E-state index contributed by atoms with van der Waals surface area (Å²) >= 11 is 0. The van der Waals surface area contributed by atoms with Gasteiger partial charge in [-0.05, 0) is 38.5 Å². The minimum atomic E-state index is -0.722. The van der Waals surface area contributed by atoms with E-state index in [1.54, 1.807) is 0 Å². The van der Waals surface area contributed by atoms with Gasteiger partial charge in [0.1, 0.15) is 6.10 Å². The molecule has 0 aromatic carbocycles. The van der Waals surface area contributed by atoms with Crippen LogP contribution in [0.3, 0.4) is 0 Å². The summed E-state index contributed by atoms with van der Waals surface area (Å²) < 4.78 is 5.89. The molecule has 0 bridgehead atoms. The van der Waals surface area contributed by atoms with Crippen molar-refractivity contribution in [1.82, 2.24) is 0 Å². The maximum atomic E-state index is 12.5. The molecule has 0 aromatic heterocycles. The SMILES string of the molecule is CCCCCCCCCCCCCCCCCCCCCCCC(=O)OC(CCCCCCCC)CCCCCC(=O)O. The van der Waals surface area contributed by atoms with Crippen molar-refractivity contribution in [2.24, 2.45) is 0 Å². The summed E-state index contributed by atoms with van der Waals surface area (Å²) in [5, 5.41) is 8.84. The number of rotatable bonds is 36. The molecule has 43 heavy (non-hydrogen) atoms. The summed E-state index contributed by atoms with van der Waals surface area (Å²) in [6, 6.07) is 0. The Morgan fingerprint density at radius 3 is 1.05 bits per heavy atom. The highest BCUT2D eigenvalue weighted by Crippen LogP contribution is 2.19. The molecule has 0 aromatic rings. The van der Waals surface area contributed by atoms with Crippen molar-refractivity contribution in [1.29, 1.82) is 0 Å². The molecular formula is C39H76O4. The monoisotopic (exact) mass is 609 g/mol. The molecule has 0 aliphatic heterocycles. The van der Waals surface area contributed by atoms with Crippen LogP contribution in [-0.4, -0.2) is 23.1 Å². The van der Waals surface area contributed by atoms with E-state index in [4.69, 9.17) is 9.84 Å². The fourth-order valence-electron chi connectivity index (χ4n) is 6.19. The van der Waals surface area contributed by atoms with Crippen molar-refractivity contribution < 1.29 is 19.4 Å². The second kappa shape index (κ2) is 35.4. The number of ether oxygens (including phenoxy) is 1. The van der Waals surface area contributed by atoms with Crippen LogP contribution in [0.5, 0.6) is 0 Å². The molecule has 1 N–H and O–H groups in total. The third-order valence-electron chi connectivity index (χ3n) is 9.08. The Bertz CT molecular complexity index is 576. The zero-order valence-electron chi connectivity index (χ0n) is 29.3. The quantitative estimate of drug-likeness (QED) is 0.0567. The molecule has 0 saturated heterocycles. The zero-order chi connectivity index (χ0) is 31.5. The maximum Gasteiger partial charge on any atom is 0.306 e. The molecule has 1 unspecified atom stereocenters. The lowest BCUT2D eigenvalue weighted by atomic mass is 10.0. The predicted octanol–water partition coefficient (Wildman–Crippen LogP) is 13.3. The Balaban J connectivity index is 3.64. The van der Waals surface area contributed by atoms with Gasteiger partial charge < -0.3 is 9.84 Å². The van der Waals surface area contributed by atoms with Crippen molar-refractivity contribution in [2.45, 2.75) is 238 Å². The van der Waals surface area contributed by atoms with Gasteiger partial charge in [-0.2, -0.15) is 0 Å². The average Bonchev–Trinajstić information content (AvgIpc) is 2.99. The number of unbranched alkanes of at least 4 members (excludes halogenated alkanes) is 27. The predicted molar refractivity (Wildman–Crippen MR) is 186 cm³/mol. The van der Waals surface area contributed by atoms with E-state index >= 15 is 0 Å². The van der Waals surface area contributed by atoms with Crippen LogP contribution in [0.25, 0.3) is 0 Å². The highest BCUT2D eigenvalue weighted by atomic mass is 16.5. The number of carboxylic acid groups (broad SMARTS) is 1. The molecule has 1 atom stereocenters. The molecule has 4 heteroatoms. The number of carbonyl (C=O) groups is 2. The van der Waals surface area contributed by atoms with Crippen molar-refractivity contribution >= 4 is 11.9 Å². The van der Waals surface area contributed by atoms with E-state index in [0.717, 1.165) is 44.9 Å². The lowest BCUT2D eigenvalue weighted by Crippen LogP contribution is -2.18. The summed E-state index contributed by atoms with van der Waals surface area (Å²) in [6.45, 7) is 4.53. The standard InChI is InChI=1S/C39H76O4/c1-3-5-7-9-11-12-13-14-15-16-17-18-19-20-21-22-23-24-25-27-32-36-39(42)43-37(33-29-26-10-8-6-4-2)34-30-28-31-35-38(40)41/h37H,3-36H2,1-2H3,(H,40,41). The second-order valence-corrected chi connectivity index (χ2v) is 13.5. The summed E-state index contributed by atoms with van der Waals surface area (Å²) in [5.41, 5.74) is 0. The second-order valence-electron chi connectivity index (χ2n) is 13.5. The van der Waals surface area contributed by atoms with Crippen LogP contribution in [-0.2, 0) is 14.3 Å². The number of hydrogen-bond donors (Lipinski definition) is 1. The molecule has 0 aliphatic rings. The number of carboxylic acids is 1. The lowest BCUT2D eigenvalue weighted by molar-refractivity contribution is -0.150. The smallest absolute Gasteiger partial charge is 0.306 e. The Labute approximate surface area is 269 Å². The van der Waals surface area contributed by atoms with Gasteiger partial charge in [-0.25, -0.2) is 0 Å². The van der Waals surface area contributed by atoms with Gasteiger partial charge >= 0.3 is 11.9 Å². The van der Waals surface area contributed by atoms with Crippen LogP contribution < -0.4 is 0 Å². The minimum Gasteiger partial charge on any atom is -0.481 e. The van der Waals surface area contributed by atoms with Crippen LogP contribution in [0.1, 0.15) is 232 Å². The first-order chi connectivity index (χ1) is 21.1. The minimum absolute atomic E-state index is 0.0124. The topological polar surface area (TPSA) is 63.6 Å². The van der Waals surface area contributed by atoms with Crippen molar-refractivity contribution in [3.63, 3.8) is 0 Å². The summed E-state index contributed by atoms with van der Waals surface area (Å²) in [6.07, 6.45) is 41.4. The molecular weight excluding hydrogens is 532 g/mol. The number of hydrogen-bond acceptors (Lipinski definition) is 3. The van der Waals surface area contributed by atoms with Gasteiger partial charge in [-0.3, -0.25) is 9.59 Å². The fourth-order valence-corrected chi connectivity index (χ4v) is 6.19. The van der Waals surface area contributed by atoms with Gasteiger partial charge in [0.2, 0.25) is 0 Å². The van der Waals surface area contributed by atoms with Crippen LogP contribution in [0.15, 0.2) is 0 Å². The molecule has 0 saturated carbocycles. The van der Waals surface area contributed by atoms with Gasteiger partial charge in [-0.15, -0.1) is 0 Å². The number of esters is 1. The number of aliphatic carboxylic acids is 1. The normalized spacial score (nSPS) is 12.0. The van der Waals surface area contributed by atoms with Gasteiger partial charge in [0.15, 0.2) is 0 Å². The van der Waals surface area contributed by atoms with Crippen molar-refractivity contribution in [3.05, 3.63) is 0 Å². The average molecular weight is 609 g/mol. The Morgan fingerprint density at radius 1 is 0.419 bits per heavy atom. The van der Waals surface area contributed by atoms with E-state index in [2.05, 4.69) is 13.8 Å². The van der Waals surface area contributed by atoms with Crippen LogP contribution in [0.4, 0.5) is 0 Å². The highest BCUT2D eigenvalue weighted by Gasteiger charge is 2.14. The Morgan fingerprint density at radius 2 is 0.698 bits per heavy atom. The first-order valence-electron chi connectivity index (χ1n) is 19.5.